The Balaban J connectivity index is 1.27. The number of halogens is 2. The van der Waals surface area contributed by atoms with Gasteiger partial charge in [0.1, 0.15) is 0 Å². The fourth-order valence-electron chi connectivity index (χ4n) is 5.83. The van der Waals surface area contributed by atoms with Crippen LogP contribution in [0.5, 0.6) is 0 Å². The van der Waals surface area contributed by atoms with E-state index in [9.17, 15) is 23.5 Å². The molecule has 0 atom stereocenters. The number of aliphatic hydroxyl groups is 1. The average Bonchev–Trinajstić information content (AvgIpc) is 3.48. The van der Waals surface area contributed by atoms with Crippen LogP contribution in [0.25, 0.3) is 22.8 Å². The van der Waals surface area contributed by atoms with E-state index in [0.29, 0.717) is 72.4 Å². The highest BCUT2D eigenvalue weighted by Gasteiger charge is 2.34. The lowest BCUT2D eigenvalue weighted by molar-refractivity contribution is -0.110. The fraction of sp³-hybridized carbons (Fsp3) is 0.333. The molecular formula is C30H30F2N4O3. The van der Waals surface area contributed by atoms with Gasteiger partial charge in [-0.15, -0.1) is 0 Å². The molecule has 0 radical (unpaired) electrons. The number of hydrogen-bond donors (Lipinski definition) is 3. The lowest BCUT2D eigenvalue weighted by Gasteiger charge is -2.38. The van der Waals surface area contributed by atoms with Gasteiger partial charge in [-0.1, -0.05) is 24.3 Å². The second-order valence-electron chi connectivity index (χ2n) is 10.8. The lowest BCUT2D eigenvalue weighted by atomic mass is 9.88. The van der Waals surface area contributed by atoms with Crippen LogP contribution in [0.2, 0.25) is 0 Å². The van der Waals surface area contributed by atoms with Gasteiger partial charge in [0.05, 0.1) is 16.7 Å². The summed E-state index contributed by atoms with van der Waals surface area (Å²) in [4.78, 5) is 33.5. The van der Waals surface area contributed by atoms with Crippen molar-refractivity contribution in [3.63, 3.8) is 0 Å². The predicted octanol–water partition coefficient (Wildman–Crippen LogP) is 4.30. The standard InChI is InChI=1S/C30H30F2N4O3/c1-35-13-9-30(39,10-14-35)11-15-36-12-8-24-21(29(36)38)16-18(33-24)17-22-26-19(4-3-7-25(26)34-28(22)37)20-5-2-6-23(31)27(20)32/h2-7,16-17,33,39H,8-15H2,1H3,(H,34,37)/b22-17-. The summed E-state index contributed by atoms with van der Waals surface area (Å²) >= 11 is 0. The molecule has 6 rings (SSSR count). The third-order valence-electron chi connectivity index (χ3n) is 8.20. The number of benzene rings is 2. The van der Waals surface area contributed by atoms with Gasteiger partial charge >= 0.3 is 0 Å². The van der Waals surface area contributed by atoms with Gasteiger partial charge in [0.25, 0.3) is 11.8 Å². The van der Waals surface area contributed by atoms with Crippen molar-refractivity contribution in [1.29, 1.82) is 0 Å². The Bertz CT molecular complexity index is 1500. The van der Waals surface area contributed by atoms with E-state index in [1.54, 1.807) is 35.2 Å². The number of piperidine rings is 1. The normalized spacial score (nSPS) is 19.8. The molecule has 0 aliphatic carbocycles. The van der Waals surface area contributed by atoms with E-state index in [1.807, 2.05) is 7.05 Å². The molecule has 3 aromatic rings. The van der Waals surface area contributed by atoms with Crippen LogP contribution >= 0.6 is 0 Å². The third kappa shape index (κ3) is 4.66. The van der Waals surface area contributed by atoms with Crippen LogP contribution in [0, 0.1) is 11.6 Å². The van der Waals surface area contributed by atoms with Gasteiger partial charge in [0, 0.05) is 60.8 Å². The molecule has 0 unspecified atom stereocenters. The Hall–Kier alpha value is -3.82. The average molecular weight is 533 g/mol. The Morgan fingerprint density at radius 3 is 2.56 bits per heavy atom. The molecule has 0 saturated carbocycles. The molecule has 1 fully saturated rings. The molecule has 2 amide bonds. The van der Waals surface area contributed by atoms with Crippen LogP contribution in [0.4, 0.5) is 14.5 Å². The molecule has 7 nitrogen and oxygen atoms in total. The number of nitrogens with one attached hydrogen (secondary N) is 2. The molecule has 4 heterocycles. The summed E-state index contributed by atoms with van der Waals surface area (Å²) in [5.41, 5.74) is 2.94. The molecule has 202 valence electrons. The zero-order chi connectivity index (χ0) is 27.3. The van der Waals surface area contributed by atoms with Crippen molar-refractivity contribution in [1.82, 2.24) is 14.8 Å². The van der Waals surface area contributed by atoms with Crippen LogP contribution in [0.3, 0.4) is 0 Å². The third-order valence-corrected chi connectivity index (χ3v) is 8.20. The van der Waals surface area contributed by atoms with E-state index >= 15 is 0 Å². The van der Waals surface area contributed by atoms with Crippen molar-refractivity contribution in [2.45, 2.75) is 31.3 Å². The highest BCUT2D eigenvalue weighted by Crippen LogP contribution is 2.41. The van der Waals surface area contributed by atoms with E-state index in [0.717, 1.165) is 24.8 Å². The van der Waals surface area contributed by atoms with Gasteiger partial charge in [-0.25, -0.2) is 8.78 Å². The number of nitrogens with zero attached hydrogens (tertiary/aromatic N) is 2. The number of amides is 2. The number of carbonyl (C=O) groups is 2. The van der Waals surface area contributed by atoms with Crippen molar-refractivity contribution in [2.24, 2.45) is 0 Å². The summed E-state index contributed by atoms with van der Waals surface area (Å²) in [7, 11) is 2.04. The topological polar surface area (TPSA) is 88.7 Å². The molecule has 2 aromatic carbocycles. The Morgan fingerprint density at radius 1 is 1.03 bits per heavy atom. The first kappa shape index (κ1) is 25.5. The molecule has 9 heteroatoms. The van der Waals surface area contributed by atoms with E-state index < -0.39 is 17.2 Å². The number of rotatable bonds is 5. The molecule has 3 aliphatic rings. The summed E-state index contributed by atoms with van der Waals surface area (Å²) in [5, 5.41) is 13.8. The van der Waals surface area contributed by atoms with Crippen molar-refractivity contribution >= 4 is 29.2 Å². The number of carbonyl (C=O) groups excluding carboxylic acids is 2. The highest BCUT2D eigenvalue weighted by atomic mass is 19.2. The van der Waals surface area contributed by atoms with Crippen molar-refractivity contribution in [3.8, 4) is 11.1 Å². The van der Waals surface area contributed by atoms with Crippen LogP contribution in [0.1, 0.15) is 46.6 Å². The second-order valence-corrected chi connectivity index (χ2v) is 10.8. The summed E-state index contributed by atoms with van der Waals surface area (Å²) in [6, 6.07) is 10.8. The smallest absolute Gasteiger partial charge is 0.256 e. The molecule has 3 aliphatic heterocycles. The number of likely N-dealkylation sites (tertiary alicyclic amines) is 1. The summed E-state index contributed by atoms with van der Waals surface area (Å²) in [6.45, 7) is 2.71. The quantitative estimate of drug-likeness (QED) is 0.428. The largest absolute Gasteiger partial charge is 0.390 e. The fourth-order valence-corrected chi connectivity index (χ4v) is 5.83. The van der Waals surface area contributed by atoms with Gasteiger partial charge in [0.15, 0.2) is 11.6 Å². The Kier molecular flexibility index (Phi) is 6.35. The van der Waals surface area contributed by atoms with Crippen LogP contribution in [0.15, 0.2) is 42.5 Å². The number of anilines is 1. The molecular weight excluding hydrogens is 502 g/mol. The van der Waals surface area contributed by atoms with Gasteiger partial charge in [-0.05, 0) is 56.1 Å². The van der Waals surface area contributed by atoms with Gasteiger partial charge in [-0.2, -0.15) is 0 Å². The first-order valence-electron chi connectivity index (χ1n) is 13.3. The van der Waals surface area contributed by atoms with E-state index in [2.05, 4.69) is 15.2 Å². The summed E-state index contributed by atoms with van der Waals surface area (Å²) in [5.74, 6) is -2.40. The number of aromatic amines is 1. The molecule has 1 saturated heterocycles. The minimum atomic E-state index is -0.976. The number of aromatic nitrogens is 1. The number of H-pyrrole nitrogens is 1. The van der Waals surface area contributed by atoms with Crippen LogP contribution < -0.4 is 5.32 Å². The lowest BCUT2D eigenvalue weighted by Crippen LogP contribution is -2.46. The Morgan fingerprint density at radius 2 is 1.77 bits per heavy atom. The highest BCUT2D eigenvalue weighted by molar-refractivity contribution is 6.36. The molecule has 0 spiro atoms. The molecule has 1 aromatic heterocycles. The maximum atomic E-state index is 14.7. The summed E-state index contributed by atoms with van der Waals surface area (Å²) < 4.78 is 28.7. The first-order chi connectivity index (χ1) is 18.7. The Labute approximate surface area is 225 Å². The van der Waals surface area contributed by atoms with Crippen LogP contribution in [-0.2, 0) is 11.2 Å². The maximum Gasteiger partial charge on any atom is 0.256 e. The van der Waals surface area contributed by atoms with Gasteiger partial charge < -0.3 is 25.2 Å². The van der Waals surface area contributed by atoms with Crippen molar-refractivity contribution in [3.05, 3.63) is 76.6 Å². The molecule has 3 N–H and O–H groups in total. The van der Waals surface area contributed by atoms with Crippen molar-refractivity contribution < 1.29 is 23.5 Å². The second kappa shape index (κ2) is 9.73. The number of fused-ring (bicyclic) bond motifs is 2. The van der Waals surface area contributed by atoms with E-state index in [1.165, 1.54) is 12.1 Å². The van der Waals surface area contributed by atoms with Crippen molar-refractivity contribution in [2.75, 3.05) is 38.5 Å². The monoisotopic (exact) mass is 532 g/mol. The van der Waals surface area contributed by atoms with Gasteiger partial charge in [-0.3, -0.25) is 9.59 Å². The molecule has 0 bridgehead atoms. The maximum absolute atomic E-state index is 14.7. The SMILES string of the molecule is CN1CCC(O)(CCN2CCc3[nH]c(/C=C4\C(=O)Nc5cccc(-c6cccc(F)c6F)c54)cc3C2=O)CC1. The zero-order valence-corrected chi connectivity index (χ0v) is 21.7. The van der Waals surface area contributed by atoms with Gasteiger partial charge in [0.2, 0.25) is 0 Å². The first-order valence-corrected chi connectivity index (χ1v) is 13.3. The number of hydrogen-bond acceptors (Lipinski definition) is 4. The van der Waals surface area contributed by atoms with E-state index in [-0.39, 0.29) is 17.4 Å². The van der Waals surface area contributed by atoms with E-state index in [4.69, 9.17) is 0 Å². The minimum Gasteiger partial charge on any atom is -0.390 e. The predicted molar refractivity (Wildman–Crippen MR) is 145 cm³/mol. The van der Waals surface area contributed by atoms with Crippen LogP contribution in [-0.4, -0.2) is 70.5 Å². The zero-order valence-electron chi connectivity index (χ0n) is 21.7. The minimum absolute atomic E-state index is 0.0668. The summed E-state index contributed by atoms with van der Waals surface area (Å²) in [6.07, 6.45) is 4.22. The molecule has 39 heavy (non-hydrogen) atoms.